The number of amides is 2. The summed E-state index contributed by atoms with van der Waals surface area (Å²) in [6.07, 6.45) is 0.952. The quantitative estimate of drug-likeness (QED) is 0.243. The van der Waals surface area contributed by atoms with E-state index in [0.29, 0.717) is 13.0 Å². The second kappa shape index (κ2) is 14.0. The first-order valence-electron chi connectivity index (χ1n) is 11.0. The van der Waals surface area contributed by atoms with Crippen molar-refractivity contribution in [3.8, 4) is 0 Å². The molecular weight excluding hydrogens is 422 g/mol. The first-order valence-corrected chi connectivity index (χ1v) is 11.0. The van der Waals surface area contributed by atoms with Crippen molar-refractivity contribution in [1.82, 2.24) is 16.1 Å². The average molecular weight is 456 g/mol. The molecule has 33 heavy (non-hydrogen) atoms. The summed E-state index contributed by atoms with van der Waals surface area (Å²) in [6, 6.07) is 17.2. The van der Waals surface area contributed by atoms with Gasteiger partial charge >= 0.3 is 5.97 Å². The summed E-state index contributed by atoms with van der Waals surface area (Å²) in [5.74, 6) is -1.51. The van der Waals surface area contributed by atoms with Gasteiger partial charge in [0.25, 0.3) is 0 Å². The number of hydroxylamine groups is 1. The second-order valence-electron chi connectivity index (χ2n) is 7.80. The predicted octanol–water partition coefficient (Wildman–Crippen LogP) is 2.14. The van der Waals surface area contributed by atoms with Crippen molar-refractivity contribution < 1.29 is 24.0 Å². The van der Waals surface area contributed by atoms with Crippen LogP contribution in [0.3, 0.4) is 0 Å². The molecule has 0 aliphatic heterocycles. The molecule has 178 valence electrons. The van der Waals surface area contributed by atoms with Gasteiger partial charge in [0, 0.05) is 6.42 Å². The zero-order valence-corrected chi connectivity index (χ0v) is 19.4. The number of rotatable bonds is 13. The van der Waals surface area contributed by atoms with Crippen LogP contribution < -0.4 is 16.1 Å². The van der Waals surface area contributed by atoms with Crippen molar-refractivity contribution in [3.05, 3.63) is 71.8 Å². The molecule has 0 aromatic heterocycles. The molecule has 0 unspecified atom stereocenters. The Morgan fingerprint density at radius 2 is 1.52 bits per heavy atom. The molecule has 2 amide bonds. The number of ether oxygens (including phenoxy) is 1. The van der Waals surface area contributed by atoms with Crippen LogP contribution in [0.2, 0.25) is 0 Å². The van der Waals surface area contributed by atoms with Crippen molar-refractivity contribution in [3.63, 3.8) is 0 Å². The normalized spacial score (nSPS) is 13.4. The third kappa shape index (κ3) is 9.03. The number of hydrogen-bond donors (Lipinski definition) is 3. The van der Waals surface area contributed by atoms with Gasteiger partial charge in [-0.15, -0.1) is 0 Å². The number of esters is 1. The largest absolute Gasteiger partial charge is 0.467 e. The second-order valence-corrected chi connectivity index (χ2v) is 7.80. The van der Waals surface area contributed by atoms with Gasteiger partial charge in [0.2, 0.25) is 11.8 Å². The van der Waals surface area contributed by atoms with Crippen LogP contribution in [0.5, 0.6) is 0 Å². The van der Waals surface area contributed by atoms with Crippen LogP contribution in [0, 0.1) is 5.92 Å². The standard InChI is InChI=1S/C25H33N3O5/c1-4-18(2)23(28-22(29)16-26-33-17-20-13-9-6-10-14-20)24(30)27-21(25(31)32-3)15-19-11-7-5-8-12-19/h5-14,18,21,23,26H,4,15-17H2,1-3H3,(H,27,30)(H,28,29)/t18-,21-,23-/m0/s1. The highest BCUT2D eigenvalue weighted by Gasteiger charge is 2.30. The number of carbonyl (C=O) groups is 3. The maximum atomic E-state index is 13.0. The van der Waals surface area contributed by atoms with Crippen LogP contribution in [-0.2, 0) is 37.0 Å². The Bertz CT molecular complexity index is 876. The van der Waals surface area contributed by atoms with E-state index in [1.807, 2.05) is 74.5 Å². The summed E-state index contributed by atoms with van der Waals surface area (Å²) in [7, 11) is 1.28. The van der Waals surface area contributed by atoms with E-state index in [9.17, 15) is 14.4 Å². The van der Waals surface area contributed by atoms with Gasteiger partial charge in [-0.2, -0.15) is 5.48 Å². The van der Waals surface area contributed by atoms with E-state index >= 15 is 0 Å². The van der Waals surface area contributed by atoms with E-state index in [-0.39, 0.29) is 24.8 Å². The SMILES string of the molecule is CC[C@H](C)[C@H](NC(=O)CNOCc1ccccc1)C(=O)N[C@@H](Cc1ccccc1)C(=O)OC. The van der Waals surface area contributed by atoms with Gasteiger partial charge in [-0.05, 0) is 17.0 Å². The Labute approximate surface area is 195 Å². The van der Waals surface area contributed by atoms with Crippen LogP contribution in [0.15, 0.2) is 60.7 Å². The highest BCUT2D eigenvalue weighted by atomic mass is 16.6. The molecule has 8 nitrogen and oxygen atoms in total. The summed E-state index contributed by atoms with van der Waals surface area (Å²) in [5.41, 5.74) is 4.47. The summed E-state index contributed by atoms with van der Waals surface area (Å²) >= 11 is 0. The molecule has 0 aliphatic rings. The molecule has 3 atom stereocenters. The minimum atomic E-state index is -0.860. The maximum absolute atomic E-state index is 13.0. The van der Waals surface area contributed by atoms with E-state index in [1.54, 1.807) is 0 Å². The lowest BCUT2D eigenvalue weighted by molar-refractivity contribution is -0.145. The van der Waals surface area contributed by atoms with Gasteiger partial charge in [-0.3, -0.25) is 14.4 Å². The molecule has 2 aromatic rings. The Balaban J connectivity index is 1.93. The average Bonchev–Trinajstić information content (AvgIpc) is 2.85. The van der Waals surface area contributed by atoms with Crippen LogP contribution in [0.1, 0.15) is 31.4 Å². The predicted molar refractivity (Wildman–Crippen MR) is 125 cm³/mol. The fourth-order valence-corrected chi connectivity index (χ4v) is 3.20. The van der Waals surface area contributed by atoms with E-state index in [1.165, 1.54) is 7.11 Å². The molecule has 0 spiro atoms. The zero-order valence-electron chi connectivity index (χ0n) is 19.4. The van der Waals surface area contributed by atoms with Crippen LogP contribution in [0.25, 0.3) is 0 Å². The Hall–Kier alpha value is -3.23. The summed E-state index contributed by atoms with van der Waals surface area (Å²) in [5, 5.41) is 5.49. The smallest absolute Gasteiger partial charge is 0.328 e. The Morgan fingerprint density at radius 3 is 2.09 bits per heavy atom. The molecule has 2 aromatic carbocycles. The maximum Gasteiger partial charge on any atom is 0.328 e. The summed E-state index contributed by atoms with van der Waals surface area (Å²) in [4.78, 5) is 43.1. The monoisotopic (exact) mass is 455 g/mol. The minimum absolute atomic E-state index is 0.114. The van der Waals surface area contributed by atoms with Crippen molar-refractivity contribution >= 4 is 17.8 Å². The number of benzene rings is 2. The molecule has 0 fully saturated rings. The zero-order chi connectivity index (χ0) is 24.1. The molecule has 0 heterocycles. The summed E-state index contributed by atoms with van der Waals surface area (Å²) in [6.45, 7) is 4.00. The van der Waals surface area contributed by atoms with Gasteiger partial charge in [0.1, 0.15) is 12.1 Å². The van der Waals surface area contributed by atoms with Crippen LogP contribution >= 0.6 is 0 Å². The van der Waals surface area contributed by atoms with Crippen molar-refractivity contribution in [2.75, 3.05) is 13.7 Å². The van der Waals surface area contributed by atoms with Gasteiger partial charge < -0.3 is 15.4 Å². The Kier molecular flexibility index (Phi) is 11.1. The van der Waals surface area contributed by atoms with Crippen LogP contribution in [0.4, 0.5) is 0 Å². The van der Waals surface area contributed by atoms with Crippen molar-refractivity contribution in [2.45, 2.75) is 45.4 Å². The molecule has 0 radical (unpaired) electrons. The highest BCUT2D eigenvalue weighted by molar-refractivity contribution is 5.91. The number of hydrogen-bond acceptors (Lipinski definition) is 6. The first kappa shape index (κ1) is 26.0. The van der Waals surface area contributed by atoms with Crippen molar-refractivity contribution in [1.29, 1.82) is 0 Å². The van der Waals surface area contributed by atoms with E-state index < -0.39 is 24.0 Å². The van der Waals surface area contributed by atoms with Crippen LogP contribution in [-0.4, -0.2) is 43.5 Å². The number of carbonyl (C=O) groups excluding carboxylic acids is 3. The van der Waals surface area contributed by atoms with E-state index in [2.05, 4.69) is 16.1 Å². The molecule has 0 saturated carbocycles. The Morgan fingerprint density at radius 1 is 0.909 bits per heavy atom. The lowest BCUT2D eigenvalue weighted by Crippen LogP contribution is -2.55. The molecule has 0 saturated heterocycles. The third-order valence-corrected chi connectivity index (χ3v) is 5.31. The molecule has 0 bridgehead atoms. The van der Waals surface area contributed by atoms with E-state index in [4.69, 9.17) is 9.57 Å². The molecule has 8 heteroatoms. The van der Waals surface area contributed by atoms with E-state index in [0.717, 1.165) is 11.1 Å². The van der Waals surface area contributed by atoms with Crippen molar-refractivity contribution in [2.24, 2.45) is 5.92 Å². The number of nitrogens with one attached hydrogen (secondary N) is 3. The lowest BCUT2D eigenvalue weighted by Gasteiger charge is -2.26. The molecular formula is C25H33N3O5. The van der Waals surface area contributed by atoms with Gasteiger partial charge in [-0.1, -0.05) is 80.9 Å². The highest BCUT2D eigenvalue weighted by Crippen LogP contribution is 2.10. The van der Waals surface area contributed by atoms with Gasteiger partial charge in [0.15, 0.2) is 0 Å². The fraction of sp³-hybridized carbons (Fsp3) is 0.400. The molecule has 2 rings (SSSR count). The number of methoxy groups -OCH3 is 1. The first-order chi connectivity index (χ1) is 15.9. The molecule has 0 aliphatic carbocycles. The fourth-order valence-electron chi connectivity index (χ4n) is 3.20. The summed E-state index contributed by atoms with van der Waals surface area (Å²) < 4.78 is 4.87. The lowest BCUT2D eigenvalue weighted by atomic mass is 9.97. The topological polar surface area (TPSA) is 106 Å². The van der Waals surface area contributed by atoms with Gasteiger partial charge in [0.05, 0.1) is 20.3 Å². The van der Waals surface area contributed by atoms with Gasteiger partial charge in [-0.25, -0.2) is 4.79 Å². The third-order valence-electron chi connectivity index (χ3n) is 5.31. The molecule has 3 N–H and O–H groups in total. The minimum Gasteiger partial charge on any atom is -0.467 e.